The molecule has 0 aromatic rings. The first-order valence-corrected chi connectivity index (χ1v) is 6.75. The zero-order chi connectivity index (χ0) is 10.7. The number of ether oxygens (including phenoxy) is 1. The largest absolute Gasteiger partial charge is 0.368 e. The highest BCUT2D eigenvalue weighted by Gasteiger charge is 2.60. The minimum atomic E-state index is 0.153. The maximum atomic E-state index is 6.58. The van der Waals surface area contributed by atoms with Gasteiger partial charge in [-0.15, -0.1) is 0 Å². The second-order valence-corrected chi connectivity index (χ2v) is 6.67. The Morgan fingerprint density at radius 2 is 1.73 bits per heavy atom. The van der Waals surface area contributed by atoms with E-state index in [9.17, 15) is 0 Å². The Hall–Kier alpha value is -0.0400. The highest BCUT2D eigenvalue weighted by Crippen LogP contribution is 2.59. The van der Waals surface area contributed by atoms with E-state index in [0.29, 0.717) is 0 Å². The van der Waals surface area contributed by atoms with Crippen molar-refractivity contribution in [1.82, 2.24) is 0 Å². The topological polar surface area (TPSA) is 9.23 Å². The third-order valence-corrected chi connectivity index (χ3v) is 5.58. The highest BCUT2D eigenvalue weighted by molar-refractivity contribution is 5.09. The molecule has 3 fully saturated rings. The number of hydrogen-bond donors (Lipinski definition) is 0. The van der Waals surface area contributed by atoms with Gasteiger partial charge in [-0.25, -0.2) is 0 Å². The second kappa shape index (κ2) is 3.00. The molecule has 2 bridgehead atoms. The van der Waals surface area contributed by atoms with Crippen LogP contribution in [-0.4, -0.2) is 11.2 Å². The molecule has 86 valence electrons. The maximum Gasteiger partial charge on any atom is 0.0747 e. The molecule has 2 unspecified atom stereocenters. The van der Waals surface area contributed by atoms with Crippen molar-refractivity contribution in [2.75, 3.05) is 0 Å². The van der Waals surface area contributed by atoms with Gasteiger partial charge in [-0.1, -0.05) is 13.3 Å². The molecule has 0 aromatic heterocycles. The standard InChI is InChI=1S/C14H24O/c1-10-5-4-6-11-7-8-12-9-14(10,11)15-13(12,2)3/h10-12H,4-9H2,1-3H3/t10-,11?,12+,14?/m0/s1. The van der Waals surface area contributed by atoms with Crippen LogP contribution in [0.3, 0.4) is 0 Å². The van der Waals surface area contributed by atoms with Crippen LogP contribution in [0.15, 0.2) is 0 Å². The van der Waals surface area contributed by atoms with Crippen LogP contribution in [0, 0.1) is 17.8 Å². The van der Waals surface area contributed by atoms with Crippen molar-refractivity contribution in [3.8, 4) is 0 Å². The zero-order valence-electron chi connectivity index (χ0n) is 10.4. The lowest BCUT2D eigenvalue weighted by molar-refractivity contribution is -0.156. The van der Waals surface area contributed by atoms with Crippen molar-refractivity contribution >= 4 is 0 Å². The quantitative estimate of drug-likeness (QED) is 0.589. The van der Waals surface area contributed by atoms with Crippen LogP contribution in [-0.2, 0) is 4.74 Å². The average Bonchev–Trinajstić information content (AvgIpc) is 2.38. The van der Waals surface area contributed by atoms with Crippen LogP contribution in [0.5, 0.6) is 0 Å². The normalized spacial score (nSPS) is 52.6. The van der Waals surface area contributed by atoms with E-state index in [-0.39, 0.29) is 11.2 Å². The molecule has 3 aliphatic rings. The van der Waals surface area contributed by atoms with Gasteiger partial charge in [0.15, 0.2) is 0 Å². The lowest BCUT2D eigenvalue weighted by Crippen LogP contribution is -2.48. The highest BCUT2D eigenvalue weighted by atomic mass is 16.5. The predicted molar refractivity (Wildman–Crippen MR) is 61.7 cm³/mol. The Labute approximate surface area is 93.6 Å². The summed E-state index contributed by atoms with van der Waals surface area (Å²) in [6.07, 6.45) is 8.44. The Kier molecular flexibility index (Phi) is 2.03. The summed E-state index contributed by atoms with van der Waals surface area (Å²) in [6.45, 7) is 7.06. The number of rotatable bonds is 0. The molecule has 15 heavy (non-hydrogen) atoms. The molecule has 3 rings (SSSR count). The molecular weight excluding hydrogens is 184 g/mol. The van der Waals surface area contributed by atoms with Gasteiger partial charge in [-0.2, -0.15) is 0 Å². The van der Waals surface area contributed by atoms with Crippen molar-refractivity contribution in [3.05, 3.63) is 0 Å². The Balaban J connectivity index is 1.97. The van der Waals surface area contributed by atoms with Gasteiger partial charge < -0.3 is 4.74 Å². The van der Waals surface area contributed by atoms with Crippen LogP contribution in [0.1, 0.15) is 59.3 Å². The summed E-state index contributed by atoms with van der Waals surface area (Å²) in [4.78, 5) is 0. The zero-order valence-corrected chi connectivity index (χ0v) is 10.4. The van der Waals surface area contributed by atoms with Gasteiger partial charge in [0.05, 0.1) is 11.2 Å². The van der Waals surface area contributed by atoms with E-state index in [0.717, 1.165) is 17.8 Å². The molecule has 0 N–H and O–H groups in total. The monoisotopic (exact) mass is 208 g/mol. The van der Waals surface area contributed by atoms with Crippen LogP contribution >= 0.6 is 0 Å². The minimum absolute atomic E-state index is 0.153. The van der Waals surface area contributed by atoms with Crippen molar-refractivity contribution in [1.29, 1.82) is 0 Å². The summed E-state index contributed by atoms with van der Waals surface area (Å²) in [5.74, 6) is 2.49. The van der Waals surface area contributed by atoms with Crippen molar-refractivity contribution in [3.63, 3.8) is 0 Å². The third-order valence-electron chi connectivity index (χ3n) is 5.58. The van der Waals surface area contributed by atoms with E-state index in [1.165, 1.54) is 38.5 Å². The first-order valence-electron chi connectivity index (χ1n) is 6.75. The molecule has 1 aliphatic heterocycles. The van der Waals surface area contributed by atoms with Crippen LogP contribution in [0.4, 0.5) is 0 Å². The minimum Gasteiger partial charge on any atom is -0.368 e. The average molecular weight is 208 g/mol. The van der Waals surface area contributed by atoms with E-state index >= 15 is 0 Å². The third kappa shape index (κ3) is 1.25. The summed E-state index contributed by atoms with van der Waals surface area (Å²) in [6, 6.07) is 0. The Bertz CT molecular complexity index is 271. The number of hydrogen-bond acceptors (Lipinski definition) is 1. The van der Waals surface area contributed by atoms with Gasteiger partial charge in [0.25, 0.3) is 0 Å². The maximum absolute atomic E-state index is 6.58. The second-order valence-electron chi connectivity index (χ2n) is 6.67. The molecule has 1 saturated heterocycles. The van der Waals surface area contributed by atoms with E-state index in [1.54, 1.807) is 0 Å². The molecular formula is C14H24O. The first-order chi connectivity index (χ1) is 7.05. The molecule has 0 amide bonds. The summed E-state index contributed by atoms with van der Waals surface area (Å²) in [5.41, 5.74) is 0.436. The van der Waals surface area contributed by atoms with E-state index in [4.69, 9.17) is 4.74 Å². The summed E-state index contributed by atoms with van der Waals surface area (Å²) < 4.78 is 6.58. The van der Waals surface area contributed by atoms with Gasteiger partial charge in [0, 0.05) is 0 Å². The smallest absolute Gasteiger partial charge is 0.0747 e. The van der Waals surface area contributed by atoms with Crippen LogP contribution in [0.25, 0.3) is 0 Å². The number of fused-ring (bicyclic) bond motifs is 1. The Morgan fingerprint density at radius 1 is 1.00 bits per heavy atom. The lowest BCUT2D eigenvalue weighted by Gasteiger charge is -2.47. The van der Waals surface area contributed by atoms with Gasteiger partial charge in [-0.3, -0.25) is 0 Å². The Morgan fingerprint density at radius 3 is 2.53 bits per heavy atom. The molecule has 0 radical (unpaired) electrons. The fourth-order valence-corrected chi connectivity index (χ4v) is 4.60. The van der Waals surface area contributed by atoms with Gasteiger partial charge in [0.2, 0.25) is 0 Å². The summed E-state index contributed by atoms with van der Waals surface area (Å²) in [5, 5.41) is 0. The van der Waals surface area contributed by atoms with Crippen LogP contribution < -0.4 is 0 Å². The molecule has 2 aliphatic carbocycles. The van der Waals surface area contributed by atoms with Crippen molar-refractivity contribution < 1.29 is 4.74 Å². The van der Waals surface area contributed by atoms with Crippen molar-refractivity contribution in [2.45, 2.75) is 70.5 Å². The van der Waals surface area contributed by atoms with Crippen LogP contribution in [0.2, 0.25) is 0 Å². The molecule has 1 nitrogen and oxygen atoms in total. The molecule has 1 spiro atoms. The molecule has 1 heteroatoms. The molecule has 2 saturated carbocycles. The SMILES string of the molecule is C[C@H]1CCCC2CC[C@@H]3CC21OC3(C)C. The molecule has 1 heterocycles. The van der Waals surface area contributed by atoms with Gasteiger partial charge >= 0.3 is 0 Å². The lowest BCUT2D eigenvalue weighted by atomic mass is 9.61. The van der Waals surface area contributed by atoms with Gasteiger partial charge in [-0.05, 0) is 63.7 Å². The first kappa shape index (κ1) is 10.1. The fraction of sp³-hybridized carbons (Fsp3) is 1.00. The molecule has 4 atom stereocenters. The fourth-order valence-electron chi connectivity index (χ4n) is 4.60. The summed E-state index contributed by atoms with van der Waals surface area (Å²) >= 11 is 0. The van der Waals surface area contributed by atoms with E-state index in [2.05, 4.69) is 20.8 Å². The van der Waals surface area contributed by atoms with Gasteiger partial charge in [0.1, 0.15) is 0 Å². The van der Waals surface area contributed by atoms with E-state index in [1.807, 2.05) is 0 Å². The van der Waals surface area contributed by atoms with E-state index < -0.39 is 0 Å². The summed E-state index contributed by atoms with van der Waals surface area (Å²) in [7, 11) is 0. The molecule has 0 aromatic carbocycles. The van der Waals surface area contributed by atoms with Crippen molar-refractivity contribution in [2.24, 2.45) is 17.8 Å². The predicted octanol–water partition coefficient (Wildman–Crippen LogP) is 3.77.